The van der Waals surface area contributed by atoms with Gasteiger partial charge < -0.3 is 4.74 Å². The maximum absolute atomic E-state index is 11.4. The number of esters is 1. The summed E-state index contributed by atoms with van der Waals surface area (Å²) in [4.78, 5) is 11.4. The van der Waals surface area contributed by atoms with Gasteiger partial charge in [0, 0.05) is 5.39 Å². The SMILES string of the molecule is COC(=O)/C(C#N)=N/N1N=Nc2cccc3cccc1c23. The molecule has 0 aliphatic carbocycles. The van der Waals surface area contributed by atoms with Crippen molar-refractivity contribution >= 4 is 33.8 Å². The summed E-state index contributed by atoms with van der Waals surface area (Å²) in [6.45, 7) is 0. The van der Waals surface area contributed by atoms with Crippen LogP contribution in [0.1, 0.15) is 0 Å². The molecule has 0 spiro atoms. The van der Waals surface area contributed by atoms with Crippen molar-refractivity contribution in [1.82, 2.24) is 0 Å². The van der Waals surface area contributed by atoms with Gasteiger partial charge in [-0.15, -0.1) is 15.3 Å². The topological polar surface area (TPSA) is 90.4 Å². The van der Waals surface area contributed by atoms with Gasteiger partial charge in [-0.25, -0.2) is 4.79 Å². The summed E-state index contributed by atoms with van der Waals surface area (Å²) in [5.74, 6) is -0.821. The number of anilines is 1. The lowest BCUT2D eigenvalue weighted by molar-refractivity contribution is -0.132. The standard InChI is InChI=1S/C14H9N5O2/c1-21-14(20)11(8-15)17-19-12-7-3-5-9-4-2-6-10(13(9)12)16-18-19/h2-7H,1H3/b17-11+. The van der Waals surface area contributed by atoms with Crippen LogP contribution < -0.4 is 5.12 Å². The number of hydrogen-bond donors (Lipinski definition) is 0. The van der Waals surface area contributed by atoms with Crippen molar-refractivity contribution < 1.29 is 9.53 Å². The molecule has 2 aromatic rings. The van der Waals surface area contributed by atoms with Crippen LogP contribution in [-0.2, 0) is 9.53 Å². The minimum absolute atomic E-state index is 0.396. The fourth-order valence-electron chi connectivity index (χ4n) is 2.06. The van der Waals surface area contributed by atoms with Crippen LogP contribution in [0.4, 0.5) is 11.4 Å². The average molecular weight is 279 g/mol. The molecule has 1 aliphatic heterocycles. The second-order valence-electron chi connectivity index (χ2n) is 4.18. The molecule has 0 saturated heterocycles. The van der Waals surface area contributed by atoms with Crippen molar-refractivity contribution in [3.8, 4) is 6.07 Å². The van der Waals surface area contributed by atoms with E-state index in [9.17, 15) is 4.79 Å². The third kappa shape index (κ3) is 2.08. The molecule has 0 radical (unpaired) electrons. The van der Waals surface area contributed by atoms with Crippen molar-refractivity contribution in [1.29, 1.82) is 5.26 Å². The number of benzene rings is 2. The molecule has 0 saturated carbocycles. The lowest BCUT2D eigenvalue weighted by Crippen LogP contribution is -2.20. The average Bonchev–Trinajstić information content (AvgIpc) is 2.54. The molecular weight excluding hydrogens is 270 g/mol. The van der Waals surface area contributed by atoms with Gasteiger partial charge in [0.2, 0.25) is 5.71 Å². The number of rotatable bonds is 2. The van der Waals surface area contributed by atoms with Crippen LogP contribution in [0.15, 0.2) is 51.8 Å². The van der Waals surface area contributed by atoms with E-state index in [0.29, 0.717) is 11.4 Å². The Morgan fingerprint density at radius 3 is 2.81 bits per heavy atom. The first-order chi connectivity index (χ1) is 10.2. The zero-order valence-corrected chi connectivity index (χ0v) is 11.0. The van der Waals surface area contributed by atoms with E-state index in [1.807, 2.05) is 30.3 Å². The summed E-state index contributed by atoms with van der Waals surface area (Å²) in [7, 11) is 1.18. The monoisotopic (exact) mass is 279 g/mol. The highest BCUT2D eigenvalue weighted by atomic mass is 16.5. The number of hydrazone groups is 1. The Balaban J connectivity index is 2.15. The highest BCUT2D eigenvalue weighted by Crippen LogP contribution is 2.38. The summed E-state index contributed by atoms with van der Waals surface area (Å²) >= 11 is 0. The van der Waals surface area contributed by atoms with Gasteiger partial charge in [0.05, 0.1) is 18.5 Å². The largest absolute Gasteiger partial charge is 0.464 e. The number of hydrogen-bond acceptors (Lipinski definition) is 7. The summed E-state index contributed by atoms with van der Waals surface area (Å²) in [5.41, 5.74) is 0.966. The van der Waals surface area contributed by atoms with Crippen LogP contribution in [-0.4, -0.2) is 18.8 Å². The smallest absolute Gasteiger partial charge is 0.369 e. The van der Waals surface area contributed by atoms with Crippen molar-refractivity contribution in [3.05, 3.63) is 36.4 Å². The molecule has 0 atom stereocenters. The fourth-order valence-corrected chi connectivity index (χ4v) is 2.06. The quantitative estimate of drug-likeness (QED) is 0.624. The van der Waals surface area contributed by atoms with Crippen LogP contribution in [0.2, 0.25) is 0 Å². The molecule has 1 aliphatic rings. The Morgan fingerprint density at radius 1 is 1.33 bits per heavy atom. The Morgan fingerprint density at radius 2 is 2.10 bits per heavy atom. The molecule has 0 unspecified atom stereocenters. The van der Waals surface area contributed by atoms with Gasteiger partial charge in [-0.2, -0.15) is 5.26 Å². The highest BCUT2D eigenvalue weighted by Gasteiger charge is 2.20. The molecular formula is C14H9N5O2. The van der Waals surface area contributed by atoms with Crippen LogP contribution in [0.25, 0.3) is 10.8 Å². The van der Waals surface area contributed by atoms with Crippen LogP contribution in [0.5, 0.6) is 0 Å². The molecule has 0 fully saturated rings. The highest BCUT2D eigenvalue weighted by molar-refractivity contribution is 6.43. The Bertz CT molecular complexity index is 830. The second kappa shape index (κ2) is 5.02. The number of nitriles is 1. The maximum Gasteiger partial charge on any atom is 0.369 e. The molecule has 7 heteroatoms. The number of ether oxygens (including phenoxy) is 1. The van der Waals surface area contributed by atoms with Crippen LogP contribution in [0.3, 0.4) is 0 Å². The van der Waals surface area contributed by atoms with Gasteiger partial charge in [-0.1, -0.05) is 24.3 Å². The van der Waals surface area contributed by atoms with Crippen LogP contribution >= 0.6 is 0 Å². The molecule has 2 aromatic carbocycles. The number of methoxy groups -OCH3 is 1. The van der Waals surface area contributed by atoms with E-state index in [0.717, 1.165) is 15.9 Å². The van der Waals surface area contributed by atoms with Gasteiger partial charge in [0.1, 0.15) is 6.07 Å². The molecule has 0 N–H and O–H groups in total. The van der Waals surface area contributed by atoms with Gasteiger partial charge in [0.25, 0.3) is 0 Å². The number of nitrogens with zero attached hydrogens (tertiary/aromatic N) is 5. The zero-order chi connectivity index (χ0) is 14.8. The van der Waals surface area contributed by atoms with Gasteiger partial charge >= 0.3 is 5.97 Å². The third-order valence-electron chi connectivity index (χ3n) is 2.99. The molecule has 0 amide bonds. The first-order valence-corrected chi connectivity index (χ1v) is 6.05. The summed E-state index contributed by atoms with van der Waals surface area (Å²) in [6.07, 6.45) is 0. The zero-order valence-electron chi connectivity index (χ0n) is 11.0. The van der Waals surface area contributed by atoms with Crippen molar-refractivity contribution in [3.63, 3.8) is 0 Å². The third-order valence-corrected chi connectivity index (χ3v) is 2.99. The van der Waals surface area contributed by atoms with Crippen molar-refractivity contribution in [2.45, 2.75) is 0 Å². The predicted octanol–water partition coefficient (Wildman–Crippen LogP) is 2.71. The summed E-state index contributed by atoms with van der Waals surface area (Å²) in [5, 5.41) is 23.8. The Kier molecular flexibility index (Phi) is 3.04. The molecule has 0 bridgehead atoms. The molecule has 3 rings (SSSR count). The Labute approximate surface area is 119 Å². The molecule has 21 heavy (non-hydrogen) atoms. The normalized spacial score (nSPS) is 13.1. The van der Waals surface area contributed by atoms with Gasteiger partial charge in [0.15, 0.2) is 0 Å². The molecule has 7 nitrogen and oxygen atoms in total. The van der Waals surface area contributed by atoms with E-state index in [2.05, 4.69) is 20.2 Å². The summed E-state index contributed by atoms with van der Waals surface area (Å²) in [6, 6.07) is 12.9. The maximum atomic E-state index is 11.4. The first-order valence-electron chi connectivity index (χ1n) is 6.05. The fraction of sp³-hybridized carbons (Fsp3) is 0.0714. The van der Waals surface area contributed by atoms with Crippen molar-refractivity contribution in [2.75, 3.05) is 12.2 Å². The molecule has 102 valence electrons. The molecule has 1 heterocycles. The minimum atomic E-state index is -0.821. The van der Waals surface area contributed by atoms with E-state index in [1.165, 1.54) is 7.11 Å². The lowest BCUT2D eigenvalue weighted by Gasteiger charge is -2.18. The van der Waals surface area contributed by atoms with E-state index < -0.39 is 11.7 Å². The minimum Gasteiger partial charge on any atom is -0.464 e. The first kappa shape index (κ1) is 12.7. The van der Waals surface area contributed by atoms with Gasteiger partial charge in [-0.3, -0.25) is 0 Å². The van der Waals surface area contributed by atoms with Crippen LogP contribution in [0, 0.1) is 11.3 Å². The summed E-state index contributed by atoms with van der Waals surface area (Å²) < 4.78 is 4.50. The lowest BCUT2D eigenvalue weighted by atomic mass is 10.1. The predicted molar refractivity (Wildman–Crippen MR) is 76.0 cm³/mol. The number of carbonyl (C=O) groups is 1. The second-order valence-corrected chi connectivity index (χ2v) is 4.18. The molecule has 0 aromatic heterocycles. The number of carbonyl (C=O) groups excluding carboxylic acids is 1. The van der Waals surface area contributed by atoms with Crippen molar-refractivity contribution in [2.24, 2.45) is 15.4 Å². The van der Waals surface area contributed by atoms with E-state index >= 15 is 0 Å². The van der Waals surface area contributed by atoms with E-state index in [4.69, 9.17) is 5.26 Å². The van der Waals surface area contributed by atoms with E-state index in [-0.39, 0.29) is 0 Å². The van der Waals surface area contributed by atoms with E-state index in [1.54, 1.807) is 12.1 Å². The Hall–Kier alpha value is -3.27. The van der Waals surface area contributed by atoms with Gasteiger partial charge in [-0.05, 0) is 22.7 Å².